The van der Waals surface area contributed by atoms with E-state index >= 15 is 0 Å². The number of aliphatic hydroxyl groups excluding tert-OH is 1. The molecule has 2 N–H and O–H groups in total. The highest BCUT2D eigenvalue weighted by molar-refractivity contribution is 5.27. The van der Waals surface area contributed by atoms with Gasteiger partial charge in [-0.3, -0.25) is 0 Å². The predicted molar refractivity (Wildman–Crippen MR) is 78.0 cm³/mol. The molecule has 1 rings (SSSR count). The molecular formula is C16H23NO2. The van der Waals surface area contributed by atoms with Gasteiger partial charge in [0.1, 0.15) is 12.4 Å². The molecule has 1 aromatic rings. The van der Waals surface area contributed by atoms with Crippen molar-refractivity contribution >= 4 is 0 Å². The first kappa shape index (κ1) is 15.6. The molecule has 0 aliphatic rings. The van der Waals surface area contributed by atoms with Crippen molar-refractivity contribution < 1.29 is 9.84 Å². The van der Waals surface area contributed by atoms with Crippen molar-refractivity contribution in [2.45, 2.75) is 38.8 Å². The third-order valence-corrected chi connectivity index (χ3v) is 3.41. The van der Waals surface area contributed by atoms with Gasteiger partial charge in [-0.1, -0.05) is 25.0 Å². The van der Waals surface area contributed by atoms with E-state index < -0.39 is 0 Å². The lowest BCUT2D eigenvalue weighted by Gasteiger charge is -2.29. The molecule has 0 aliphatic heterocycles. The van der Waals surface area contributed by atoms with Crippen molar-refractivity contribution in [1.29, 1.82) is 0 Å². The smallest absolute Gasteiger partial charge is 0.148 e. The molecule has 0 saturated carbocycles. The molecule has 0 aliphatic carbocycles. The zero-order chi connectivity index (χ0) is 14.1. The van der Waals surface area contributed by atoms with E-state index in [1.54, 1.807) is 0 Å². The first-order valence-corrected chi connectivity index (χ1v) is 6.64. The zero-order valence-corrected chi connectivity index (χ0v) is 11.8. The first-order valence-electron chi connectivity index (χ1n) is 6.64. The number of benzene rings is 1. The molecule has 0 bridgehead atoms. The fourth-order valence-corrected chi connectivity index (χ4v) is 1.78. The van der Waals surface area contributed by atoms with Crippen LogP contribution >= 0.6 is 0 Å². The van der Waals surface area contributed by atoms with Crippen LogP contribution in [0.5, 0.6) is 5.75 Å². The number of terminal acetylenes is 1. The molecule has 1 aromatic carbocycles. The SMILES string of the molecule is C#CCOc1ccc(CNC(C)(CC)CCO)cc1. The standard InChI is InChI=1S/C16H23NO2/c1-4-12-19-15-8-6-14(7-9-15)13-17-16(3,5-2)10-11-18/h1,6-9,17-18H,5,10-13H2,2-3H3. The van der Waals surface area contributed by atoms with Gasteiger partial charge < -0.3 is 15.2 Å². The largest absolute Gasteiger partial charge is 0.481 e. The van der Waals surface area contributed by atoms with Crippen molar-refractivity contribution in [2.75, 3.05) is 13.2 Å². The van der Waals surface area contributed by atoms with Crippen LogP contribution in [-0.2, 0) is 6.54 Å². The lowest BCUT2D eigenvalue weighted by Crippen LogP contribution is -2.42. The van der Waals surface area contributed by atoms with Gasteiger partial charge in [0.25, 0.3) is 0 Å². The first-order chi connectivity index (χ1) is 9.13. The predicted octanol–water partition coefficient (Wildman–Crippen LogP) is 2.34. The van der Waals surface area contributed by atoms with E-state index in [4.69, 9.17) is 16.3 Å². The normalized spacial score (nSPS) is 13.6. The number of rotatable bonds is 8. The maximum absolute atomic E-state index is 9.08. The molecular weight excluding hydrogens is 238 g/mol. The monoisotopic (exact) mass is 261 g/mol. The topological polar surface area (TPSA) is 41.5 Å². The molecule has 0 spiro atoms. The molecule has 3 heteroatoms. The lowest BCUT2D eigenvalue weighted by molar-refractivity contribution is 0.214. The maximum Gasteiger partial charge on any atom is 0.148 e. The summed E-state index contributed by atoms with van der Waals surface area (Å²) in [4.78, 5) is 0. The summed E-state index contributed by atoms with van der Waals surface area (Å²) in [6, 6.07) is 7.88. The summed E-state index contributed by atoms with van der Waals surface area (Å²) in [5.74, 6) is 3.23. The Morgan fingerprint density at radius 1 is 1.37 bits per heavy atom. The number of nitrogens with one attached hydrogen (secondary N) is 1. The molecule has 0 heterocycles. The van der Waals surface area contributed by atoms with Crippen molar-refractivity contribution in [3.63, 3.8) is 0 Å². The van der Waals surface area contributed by atoms with E-state index in [9.17, 15) is 0 Å². The van der Waals surface area contributed by atoms with E-state index in [1.165, 1.54) is 5.56 Å². The Labute approximate surface area is 116 Å². The minimum Gasteiger partial charge on any atom is -0.481 e. The highest BCUT2D eigenvalue weighted by Gasteiger charge is 2.19. The number of aliphatic hydroxyl groups is 1. The van der Waals surface area contributed by atoms with Gasteiger partial charge >= 0.3 is 0 Å². The molecule has 0 aromatic heterocycles. The molecule has 0 fully saturated rings. The van der Waals surface area contributed by atoms with Gasteiger partial charge in [0.2, 0.25) is 0 Å². The summed E-state index contributed by atoms with van der Waals surface area (Å²) in [6.07, 6.45) is 6.88. The Morgan fingerprint density at radius 3 is 2.58 bits per heavy atom. The van der Waals surface area contributed by atoms with Crippen LogP contribution in [0.1, 0.15) is 32.3 Å². The second-order valence-electron chi connectivity index (χ2n) is 4.88. The van der Waals surface area contributed by atoms with Crippen LogP contribution in [0.4, 0.5) is 0 Å². The van der Waals surface area contributed by atoms with Crippen molar-refractivity contribution in [3.8, 4) is 18.1 Å². The summed E-state index contributed by atoms with van der Waals surface area (Å²) >= 11 is 0. The van der Waals surface area contributed by atoms with Crippen molar-refractivity contribution in [2.24, 2.45) is 0 Å². The number of hydrogen-bond acceptors (Lipinski definition) is 3. The van der Waals surface area contributed by atoms with Crippen LogP contribution in [0.15, 0.2) is 24.3 Å². The van der Waals surface area contributed by atoms with Crippen LogP contribution in [0.3, 0.4) is 0 Å². The van der Waals surface area contributed by atoms with Gasteiger partial charge in [-0.15, -0.1) is 6.42 Å². The van der Waals surface area contributed by atoms with E-state index in [2.05, 4.69) is 25.1 Å². The second-order valence-corrected chi connectivity index (χ2v) is 4.88. The van der Waals surface area contributed by atoms with E-state index in [1.807, 2.05) is 24.3 Å². The summed E-state index contributed by atoms with van der Waals surface area (Å²) < 4.78 is 5.33. The fraction of sp³-hybridized carbons (Fsp3) is 0.500. The summed E-state index contributed by atoms with van der Waals surface area (Å²) in [5, 5.41) is 12.6. The van der Waals surface area contributed by atoms with Crippen molar-refractivity contribution in [3.05, 3.63) is 29.8 Å². The highest BCUT2D eigenvalue weighted by atomic mass is 16.5. The lowest BCUT2D eigenvalue weighted by atomic mass is 9.94. The average molecular weight is 261 g/mol. The van der Waals surface area contributed by atoms with Gasteiger partial charge in [0.15, 0.2) is 0 Å². The molecule has 104 valence electrons. The summed E-state index contributed by atoms with van der Waals surface area (Å²) in [5.41, 5.74) is 1.17. The van der Waals surface area contributed by atoms with Crippen LogP contribution in [0.2, 0.25) is 0 Å². The van der Waals surface area contributed by atoms with E-state index in [0.717, 1.165) is 25.1 Å². The fourth-order valence-electron chi connectivity index (χ4n) is 1.78. The quantitative estimate of drug-likeness (QED) is 0.706. The number of ether oxygens (including phenoxy) is 1. The van der Waals surface area contributed by atoms with Crippen LogP contribution < -0.4 is 10.1 Å². The molecule has 0 saturated heterocycles. The highest BCUT2D eigenvalue weighted by Crippen LogP contribution is 2.16. The van der Waals surface area contributed by atoms with E-state index in [-0.39, 0.29) is 12.1 Å². The van der Waals surface area contributed by atoms with E-state index in [0.29, 0.717) is 6.61 Å². The number of hydrogen-bond donors (Lipinski definition) is 2. The Morgan fingerprint density at radius 2 is 2.05 bits per heavy atom. The van der Waals surface area contributed by atoms with Gasteiger partial charge in [-0.25, -0.2) is 0 Å². The minimum atomic E-state index is -0.0204. The third-order valence-electron chi connectivity index (χ3n) is 3.41. The maximum atomic E-state index is 9.08. The molecule has 0 radical (unpaired) electrons. The minimum absolute atomic E-state index is 0.0204. The van der Waals surface area contributed by atoms with Crippen LogP contribution in [0, 0.1) is 12.3 Å². The Hall–Kier alpha value is -1.50. The zero-order valence-electron chi connectivity index (χ0n) is 11.8. The molecule has 1 unspecified atom stereocenters. The van der Waals surface area contributed by atoms with Gasteiger partial charge in [0, 0.05) is 18.7 Å². The second kappa shape index (κ2) is 7.83. The summed E-state index contributed by atoms with van der Waals surface area (Å²) in [6.45, 7) is 5.53. The third kappa shape index (κ3) is 5.34. The Kier molecular flexibility index (Phi) is 6.41. The molecule has 19 heavy (non-hydrogen) atoms. The average Bonchev–Trinajstić information content (AvgIpc) is 2.44. The van der Waals surface area contributed by atoms with Crippen molar-refractivity contribution in [1.82, 2.24) is 5.32 Å². The Bertz CT molecular complexity index is 408. The molecule has 1 atom stereocenters. The van der Waals surface area contributed by atoms with Crippen LogP contribution in [-0.4, -0.2) is 23.9 Å². The van der Waals surface area contributed by atoms with Gasteiger partial charge in [0.05, 0.1) is 0 Å². The van der Waals surface area contributed by atoms with Gasteiger partial charge in [-0.2, -0.15) is 0 Å². The van der Waals surface area contributed by atoms with Gasteiger partial charge in [-0.05, 0) is 37.5 Å². The molecule has 0 amide bonds. The Balaban J connectivity index is 2.51. The molecule has 3 nitrogen and oxygen atoms in total. The summed E-state index contributed by atoms with van der Waals surface area (Å²) in [7, 11) is 0. The van der Waals surface area contributed by atoms with Crippen LogP contribution in [0.25, 0.3) is 0 Å².